The van der Waals surface area contributed by atoms with E-state index in [1.807, 2.05) is 6.92 Å². The van der Waals surface area contributed by atoms with Gasteiger partial charge in [-0.25, -0.2) is 10.8 Å². The summed E-state index contributed by atoms with van der Waals surface area (Å²) in [6, 6.07) is 5.03. The molecule has 2 rings (SSSR count). The van der Waals surface area contributed by atoms with Crippen LogP contribution in [0.1, 0.15) is 15.9 Å². The van der Waals surface area contributed by atoms with E-state index in [2.05, 4.69) is 20.7 Å². The second kappa shape index (κ2) is 5.24. The van der Waals surface area contributed by atoms with Gasteiger partial charge in [-0.2, -0.15) is 0 Å². The maximum absolute atomic E-state index is 11.9. The Hall–Kier alpha value is -2.47. The van der Waals surface area contributed by atoms with Gasteiger partial charge in [-0.15, -0.1) is 0 Å². The summed E-state index contributed by atoms with van der Waals surface area (Å²) in [4.78, 5) is 19.9. The van der Waals surface area contributed by atoms with Crippen molar-refractivity contribution < 1.29 is 4.79 Å². The molecule has 0 aromatic carbocycles. The molecule has 0 atom stereocenters. The molecular formula is C12H13N5O. The lowest BCUT2D eigenvalue weighted by Gasteiger charge is -2.07. The number of rotatable bonds is 3. The van der Waals surface area contributed by atoms with E-state index in [1.54, 1.807) is 30.6 Å². The van der Waals surface area contributed by atoms with Crippen LogP contribution < -0.4 is 16.6 Å². The zero-order valence-corrected chi connectivity index (χ0v) is 9.84. The van der Waals surface area contributed by atoms with Crippen molar-refractivity contribution in [3.8, 4) is 0 Å². The molecule has 4 N–H and O–H groups in total. The van der Waals surface area contributed by atoms with Gasteiger partial charge >= 0.3 is 0 Å². The minimum absolute atomic E-state index is 0.222. The van der Waals surface area contributed by atoms with Gasteiger partial charge in [-0.1, -0.05) is 0 Å². The molecule has 0 bridgehead atoms. The number of hydrogen-bond acceptors (Lipinski definition) is 5. The lowest BCUT2D eigenvalue weighted by Crippen LogP contribution is -2.14. The second-order valence-corrected chi connectivity index (χ2v) is 3.72. The number of aryl methyl sites for hydroxylation is 1. The quantitative estimate of drug-likeness (QED) is 0.558. The lowest BCUT2D eigenvalue weighted by atomic mass is 10.2. The third-order valence-corrected chi connectivity index (χ3v) is 2.44. The molecule has 0 unspecified atom stereocenters. The van der Waals surface area contributed by atoms with Crippen LogP contribution in [0.2, 0.25) is 0 Å². The molecule has 0 radical (unpaired) electrons. The van der Waals surface area contributed by atoms with Crippen LogP contribution >= 0.6 is 0 Å². The molecular weight excluding hydrogens is 230 g/mol. The van der Waals surface area contributed by atoms with Crippen LogP contribution in [0.15, 0.2) is 36.8 Å². The second-order valence-electron chi connectivity index (χ2n) is 3.72. The maximum atomic E-state index is 11.9. The first-order valence-electron chi connectivity index (χ1n) is 5.35. The van der Waals surface area contributed by atoms with E-state index >= 15 is 0 Å². The van der Waals surface area contributed by atoms with Crippen LogP contribution in [0, 0.1) is 6.92 Å². The molecule has 2 heterocycles. The Balaban J connectivity index is 2.14. The number of carbonyl (C=O) groups excluding carboxylic acids is 1. The van der Waals surface area contributed by atoms with Crippen LogP contribution in [0.25, 0.3) is 0 Å². The summed E-state index contributed by atoms with van der Waals surface area (Å²) >= 11 is 0. The highest BCUT2D eigenvalue weighted by molar-refractivity contribution is 6.04. The fraction of sp³-hybridized carbons (Fsp3) is 0.0833. The zero-order valence-electron chi connectivity index (χ0n) is 9.84. The minimum Gasteiger partial charge on any atom is -0.322 e. The molecule has 0 fully saturated rings. The number of hydrogen-bond donors (Lipinski definition) is 3. The van der Waals surface area contributed by atoms with Crippen molar-refractivity contribution in [1.29, 1.82) is 0 Å². The van der Waals surface area contributed by atoms with Gasteiger partial charge in [0.15, 0.2) is 0 Å². The number of nitrogens with zero attached hydrogens (tertiary/aromatic N) is 2. The summed E-state index contributed by atoms with van der Waals surface area (Å²) in [6.07, 6.45) is 4.78. The van der Waals surface area contributed by atoms with Gasteiger partial charge in [0.2, 0.25) is 0 Å². The summed E-state index contributed by atoms with van der Waals surface area (Å²) in [5.74, 6) is 5.48. The molecule has 0 saturated carbocycles. The summed E-state index contributed by atoms with van der Waals surface area (Å²) in [6.45, 7) is 1.88. The standard InChI is InChI=1S/C12H13N5O/c1-8-6-14-5-4-10(8)16-12(18)9-2-3-11(17-13)15-7-9/h2-7H,13H2,1H3,(H,15,17)(H,14,16,18). The average molecular weight is 243 g/mol. The molecule has 2 aromatic rings. The summed E-state index contributed by atoms with van der Waals surface area (Å²) in [5.41, 5.74) is 4.50. The Morgan fingerprint density at radius 3 is 2.72 bits per heavy atom. The fourth-order valence-electron chi connectivity index (χ4n) is 1.42. The third kappa shape index (κ3) is 2.61. The molecule has 6 heteroatoms. The van der Waals surface area contributed by atoms with Gasteiger partial charge < -0.3 is 10.7 Å². The van der Waals surface area contributed by atoms with Crippen molar-refractivity contribution in [2.75, 3.05) is 10.7 Å². The molecule has 0 aliphatic heterocycles. The molecule has 1 amide bonds. The summed E-state index contributed by atoms with van der Waals surface area (Å²) < 4.78 is 0. The largest absolute Gasteiger partial charge is 0.322 e. The van der Waals surface area contributed by atoms with Crippen molar-refractivity contribution in [3.63, 3.8) is 0 Å². The smallest absolute Gasteiger partial charge is 0.257 e. The Labute approximate surface area is 104 Å². The van der Waals surface area contributed by atoms with Crippen LogP contribution in [-0.2, 0) is 0 Å². The lowest BCUT2D eigenvalue weighted by molar-refractivity contribution is 0.102. The average Bonchev–Trinajstić information content (AvgIpc) is 2.41. The van der Waals surface area contributed by atoms with Gasteiger partial charge in [0.25, 0.3) is 5.91 Å². The monoisotopic (exact) mass is 243 g/mol. The van der Waals surface area contributed by atoms with Crippen LogP contribution in [0.5, 0.6) is 0 Å². The first kappa shape index (κ1) is 12.0. The van der Waals surface area contributed by atoms with E-state index < -0.39 is 0 Å². The molecule has 0 saturated heterocycles. The molecule has 0 aliphatic rings. The van der Waals surface area contributed by atoms with Crippen molar-refractivity contribution in [2.45, 2.75) is 6.92 Å². The van der Waals surface area contributed by atoms with Crippen LogP contribution in [0.3, 0.4) is 0 Å². The number of hydrazine groups is 1. The number of amides is 1. The van der Waals surface area contributed by atoms with Crippen LogP contribution in [-0.4, -0.2) is 15.9 Å². The number of anilines is 2. The van der Waals surface area contributed by atoms with E-state index in [-0.39, 0.29) is 5.91 Å². The van der Waals surface area contributed by atoms with Crippen molar-refractivity contribution >= 4 is 17.4 Å². The van der Waals surface area contributed by atoms with Gasteiger partial charge in [0.05, 0.1) is 5.56 Å². The predicted molar refractivity (Wildman–Crippen MR) is 69.0 cm³/mol. The highest BCUT2D eigenvalue weighted by atomic mass is 16.1. The normalized spacial score (nSPS) is 9.89. The Bertz CT molecular complexity index is 553. The fourth-order valence-corrected chi connectivity index (χ4v) is 1.42. The highest BCUT2D eigenvalue weighted by Crippen LogP contribution is 2.13. The first-order valence-corrected chi connectivity index (χ1v) is 5.35. The van der Waals surface area contributed by atoms with Gasteiger partial charge in [0, 0.05) is 24.3 Å². The molecule has 92 valence electrons. The van der Waals surface area contributed by atoms with Crippen LogP contribution in [0.4, 0.5) is 11.5 Å². The molecule has 18 heavy (non-hydrogen) atoms. The predicted octanol–water partition coefficient (Wildman–Crippen LogP) is 1.32. The van der Waals surface area contributed by atoms with Gasteiger partial charge in [-0.05, 0) is 30.7 Å². The Morgan fingerprint density at radius 2 is 2.11 bits per heavy atom. The summed E-state index contributed by atoms with van der Waals surface area (Å²) in [7, 11) is 0. The van der Waals surface area contributed by atoms with Crippen molar-refractivity contribution in [3.05, 3.63) is 47.9 Å². The zero-order chi connectivity index (χ0) is 13.0. The van der Waals surface area contributed by atoms with Gasteiger partial charge in [0.1, 0.15) is 5.82 Å². The van der Waals surface area contributed by atoms with Crippen molar-refractivity contribution in [1.82, 2.24) is 9.97 Å². The van der Waals surface area contributed by atoms with E-state index in [4.69, 9.17) is 5.84 Å². The Kier molecular flexibility index (Phi) is 3.49. The minimum atomic E-state index is -0.222. The van der Waals surface area contributed by atoms with E-state index in [0.717, 1.165) is 11.3 Å². The number of aromatic nitrogens is 2. The SMILES string of the molecule is Cc1cnccc1NC(=O)c1ccc(NN)nc1. The topological polar surface area (TPSA) is 92.9 Å². The molecule has 2 aromatic heterocycles. The number of nitrogens with two attached hydrogens (primary N) is 1. The van der Waals surface area contributed by atoms with E-state index in [0.29, 0.717) is 11.4 Å². The number of nitrogen functional groups attached to an aromatic ring is 1. The summed E-state index contributed by atoms with van der Waals surface area (Å²) in [5, 5.41) is 2.79. The molecule has 0 spiro atoms. The first-order chi connectivity index (χ1) is 8.70. The molecule has 6 nitrogen and oxygen atoms in total. The Morgan fingerprint density at radius 1 is 1.28 bits per heavy atom. The molecule has 0 aliphatic carbocycles. The number of pyridine rings is 2. The number of nitrogens with one attached hydrogen (secondary N) is 2. The van der Waals surface area contributed by atoms with Gasteiger partial charge in [-0.3, -0.25) is 9.78 Å². The number of carbonyl (C=O) groups is 1. The maximum Gasteiger partial charge on any atom is 0.257 e. The van der Waals surface area contributed by atoms with E-state index in [9.17, 15) is 4.79 Å². The highest BCUT2D eigenvalue weighted by Gasteiger charge is 2.07. The van der Waals surface area contributed by atoms with E-state index in [1.165, 1.54) is 6.20 Å². The third-order valence-electron chi connectivity index (χ3n) is 2.44. The van der Waals surface area contributed by atoms with Crippen molar-refractivity contribution in [2.24, 2.45) is 5.84 Å².